The van der Waals surface area contributed by atoms with Crippen LogP contribution >= 0.6 is 0 Å². The molecule has 0 aliphatic heterocycles. The van der Waals surface area contributed by atoms with Crippen molar-refractivity contribution in [1.29, 1.82) is 0 Å². The zero-order valence-electron chi connectivity index (χ0n) is 17.3. The SMILES string of the molecule is CCCCCCCCCCCCCCCCCCC1CCC(=O)CC1. The molecule has 1 aliphatic carbocycles. The second-order valence-corrected chi connectivity index (χ2v) is 8.57. The highest BCUT2D eigenvalue weighted by Gasteiger charge is 2.17. The van der Waals surface area contributed by atoms with Crippen LogP contribution in [0.25, 0.3) is 0 Å². The molecular weight excluding hydrogens is 304 g/mol. The van der Waals surface area contributed by atoms with Crippen molar-refractivity contribution < 1.29 is 4.79 Å². The average molecular weight is 351 g/mol. The molecule has 0 radical (unpaired) electrons. The molecule has 0 N–H and O–H groups in total. The van der Waals surface area contributed by atoms with Crippen molar-refractivity contribution >= 4 is 5.78 Å². The summed E-state index contributed by atoms with van der Waals surface area (Å²) >= 11 is 0. The van der Waals surface area contributed by atoms with E-state index >= 15 is 0 Å². The zero-order valence-corrected chi connectivity index (χ0v) is 17.3. The first-order valence-electron chi connectivity index (χ1n) is 11.8. The van der Waals surface area contributed by atoms with Crippen LogP contribution in [0.2, 0.25) is 0 Å². The van der Waals surface area contributed by atoms with E-state index in [0.717, 1.165) is 18.8 Å². The van der Waals surface area contributed by atoms with Crippen LogP contribution in [-0.4, -0.2) is 5.78 Å². The number of carbonyl (C=O) groups excluding carboxylic acids is 1. The third-order valence-corrected chi connectivity index (χ3v) is 6.13. The highest BCUT2D eigenvalue weighted by Crippen LogP contribution is 2.26. The fourth-order valence-electron chi connectivity index (χ4n) is 4.27. The maximum absolute atomic E-state index is 11.2. The van der Waals surface area contributed by atoms with Gasteiger partial charge in [-0.15, -0.1) is 0 Å². The number of hydrogen-bond donors (Lipinski definition) is 0. The Morgan fingerprint density at radius 2 is 0.960 bits per heavy atom. The summed E-state index contributed by atoms with van der Waals surface area (Å²) in [5.74, 6) is 1.37. The Morgan fingerprint density at radius 3 is 1.36 bits per heavy atom. The molecule has 0 aromatic heterocycles. The van der Waals surface area contributed by atoms with Crippen molar-refractivity contribution in [3.05, 3.63) is 0 Å². The van der Waals surface area contributed by atoms with Crippen LogP contribution in [0.4, 0.5) is 0 Å². The second kappa shape index (κ2) is 17.1. The fourth-order valence-corrected chi connectivity index (χ4v) is 4.27. The lowest BCUT2D eigenvalue weighted by Crippen LogP contribution is -2.13. The van der Waals surface area contributed by atoms with E-state index < -0.39 is 0 Å². The summed E-state index contributed by atoms with van der Waals surface area (Å²) in [6, 6.07) is 0. The van der Waals surface area contributed by atoms with Gasteiger partial charge in [-0.1, -0.05) is 116 Å². The Labute approximate surface area is 158 Å². The minimum atomic E-state index is 0.503. The number of carbonyl (C=O) groups is 1. The fraction of sp³-hybridized carbons (Fsp3) is 0.958. The van der Waals surface area contributed by atoms with Crippen molar-refractivity contribution in [1.82, 2.24) is 0 Å². The molecule has 0 aromatic rings. The van der Waals surface area contributed by atoms with E-state index in [1.165, 1.54) is 122 Å². The van der Waals surface area contributed by atoms with E-state index in [0.29, 0.717) is 5.78 Å². The number of unbranched alkanes of at least 4 members (excludes halogenated alkanes) is 15. The Bertz CT molecular complexity index is 286. The second-order valence-electron chi connectivity index (χ2n) is 8.57. The van der Waals surface area contributed by atoms with E-state index in [1.807, 2.05) is 0 Å². The van der Waals surface area contributed by atoms with Crippen LogP contribution in [0.1, 0.15) is 142 Å². The summed E-state index contributed by atoms with van der Waals surface area (Å²) in [6.45, 7) is 2.29. The topological polar surface area (TPSA) is 17.1 Å². The summed E-state index contributed by atoms with van der Waals surface area (Å²) in [5.41, 5.74) is 0. The Balaban J connectivity index is 1.69. The van der Waals surface area contributed by atoms with Gasteiger partial charge in [0.25, 0.3) is 0 Å². The van der Waals surface area contributed by atoms with Crippen LogP contribution in [0.3, 0.4) is 0 Å². The number of Topliss-reactive ketones (excluding diaryl/α,β-unsaturated/α-hetero) is 1. The van der Waals surface area contributed by atoms with E-state index in [4.69, 9.17) is 0 Å². The summed E-state index contributed by atoms with van der Waals surface area (Å²) in [7, 11) is 0. The van der Waals surface area contributed by atoms with Crippen LogP contribution < -0.4 is 0 Å². The third kappa shape index (κ3) is 14.5. The molecule has 148 valence electrons. The van der Waals surface area contributed by atoms with Gasteiger partial charge in [0.2, 0.25) is 0 Å². The lowest BCUT2D eigenvalue weighted by molar-refractivity contribution is -0.121. The molecule has 25 heavy (non-hydrogen) atoms. The van der Waals surface area contributed by atoms with Crippen LogP contribution in [0.15, 0.2) is 0 Å². The Kier molecular flexibility index (Phi) is 15.5. The summed E-state index contributed by atoms with van der Waals surface area (Å²) in [4.78, 5) is 11.2. The van der Waals surface area contributed by atoms with Gasteiger partial charge >= 0.3 is 0 Å². The molecule has 1 saturated carbocycles. The van der Waals surface area contributed by atoms with Crippen molar-refractivity contribution in [3.8, 4) is 0 Å². The maximum atomic E-state index is 11.2. The van der Waals surface area contributed by atoms with Gasteiger partial charge in [-0.3, -0.25) is 4.79 Å². The smallest absolute Gasteiger partial charge is 0.132 e. The first-order valence-corrected chi connectivity index (χ1v) is 11.8. The van der Waals surface area contributed by atoms with Crippen molar-refractivity contribution in [2.75, 3.05) is 0 Å². The van der Waals surface area contributed by atoms with E-state index in [-0.39, 0.29) is 0 Å². The van der Waals surface area contributed by atoms with Crippen molar-refractivity contribution in [2.24, 2.45) is 5.92 Å². The minimum absolute atomic E-state index is 0.503. The molecule has 0 saturated heterocycles. The highest BCUT2D eigenvalue weighted by atomic mass is 16.1. The standard InChI is InChI=1S/C24H46O/c1-2-3-4-5-6-7-8-9-10-11-12-13-14-15-16-17-18-23-19-21-24(25)22-20-23/h23H,2-22H2,1H3. The van der Waals surface area contributed by atoms with Gasteiger partial charge in [-0.25, -0.2) is 0 Å². The molecule has 1 heteroatoms. The molecule has 0 heterocycles. The van der Waals surface area contributed by atoms with Crippen molar-refractivity contribution in [3.63, 3.8) is 0 Å². The van der Waals surface area contributed by atoms with E-state index in [1.54, 1.807) is 0 Å². The lowest BCUT2D eigenvalue weighted by Gasteiger charge is -2.20. The Hall–Kier alpha value is -0.330. The minimum Gasteiger partial charge on any atom is -0.300 e. The molecule has 0 unspecified atom stereocenters. The van der Waals surface area contributed by atoms with E-state index in [2.05, 4.69) is 6.92 Å². The zero-order chi connectivity index (χ0) is 18.0. The summed E-state index contributed by atoms with van der Waals surface area (Å²) in [5, 5.41) is 0. The van der Waals surface area contributed by atoms with Crippen molar-refractivity contribution in [2.45, 2.75) is 142 Å². The Morgan fingerprint density at radius 1 is 0.600 bits per heavy atom. The highest BCUT2D eigenvalue weighted by molar-refractivity contribution is 5.78. The van der Waals surface area contributed by atoms with Gasteiger partial charge < -0.3 is 0 Å². The van der Waals surface area contributed by atoms with Gasteiger partial charge in [0, 0.05) is 12.8 Å². The quantitative estimate of drug-likeness (QED) is 0.241. The molecule has 0 bridgehead atoms. The van der Waals surface area contributed by atoms with E-state index in [9.17, 15) is 4.79 Å². The predicted molar refractivity (Wildman–Crippen MR) is 111 cm³/mol. The maximum Gasteiger partial charge on any atom is 0.132 e. The lowest BCUT2D eigenvalue weighted by atomic mass is 9.85. The average Bonchev–Trinajstić information content (AvgIpc) is 2.63. The monoisotopic (exact) mass is 350 g/mol. The van der Waals surface area contributed by atoms with Crippen LogP contribution in [0, 0.1) is 5.92 Å². The molecule has 1 rings (SSSR count). The predicted octanol–water partition coefficient (Wildman–Crippen LogP) is 8.40. The van der Waals surface area contributed by atoms with Gasteiger partial charge in [0.1, 0.15) is 5.78 Å². The van der Waals surface area contributed by atoms with Crippen LogP contribution in [0.5, 0.6) is 0 Å². The van der Waals surface area contributed by atoms with Gasteiger partial charge in [0.05, 0.1) is 0 Å². The normalized spacial score (nSPS) is 15.8. The van der Waals surface area contributed by atoms with Crippen LogP contribution in [-0.2, 0) is 4.79 Å². The molecule has 0 amide bonds. The summed E-state index contributed by atoms with van der Waals surface area (Å²) in [6.07, 6.45) is 28.6. The molecule has 1 nitrogen and oxygen atoms in total. The molecule has 1 aliphatic rings. The molecule has 0 atom stereocenters. The summed E-state index contributed by atoms with van der Waals surface area (Å²) < 4.78 is 0. The molecular formula is C24H46O. The van der Waals surface area contributed by atoms with Gasteiger partial charge in [0.15, 0.2) is 0 Å². The molecule has 1 fully saturated rings. The number of rotatable bonds is 17. The largest absolute Gasteiger partial charge is 0.300 e. The molecule has 0 spiro atoms. The third-order valence-electron chi connectivity index (χ3n) is 6.13. The van der Waals surface area contributed by atoms with Gasteiger partial charge in [-0.2, -0.15) is 0 Å². The first-order chi connectivity index (χ1) is 12.3. The number of hydrogen-bond acceptors (Lipinski definition) is 1. The van der Waals surface area contributed by atoms with Gasteiger partial charge in [-0.05, 0) is 18.8 Å². The number of ketones is 1. The molecule has 0 aromatic carbocycles. The first kappa shape index (κ1) is 22.7.